The number of hydrogen-bond donors (Lipinski definition) is 3. The Morgan fingerprint density at radius 3 is 2.95 bits per heavy atom. The van der Waals surface area contributed by atoms with Crippen LogP contribution in [0.15, 0.2) is 6.20 Å². The van der Waals surface area contributed by atoms with Crippen molar-refractivity contribution < 1.29 is 10.2 Å². The van der Waals surface area contributed by atoms with Crippen molar-refractivity contribution in [2.45, 2.75) is 25.2 Å². The van der Waals surface area contributed by atoms with Gasteiger partial charge in [0.2, 0.25) is 0 Å². The third-order valence-electron chi connectivity index (χ3n) is 2.93. The third-order valence-corrected chi connectivity index (χ3v) is 4.02. The Bertz CT molecular complexity index is 589. The maximum atomic E-state index is 9.35. The molecule has 0 saturated heterocycles. The van der Waals surface area contributed by atoms with Crippen molar-refractivity contribution in [3.8, 4) is 0 Å². The molecule has 0 amide bonds. The average Bonchev–Trinajstić information content (AvgIpc) is 2.86. The van der Waals surface area contributed by atoms with Gasteiger partial charge in [-0.2, -0.15) is 16.9 Å². The normalized spacial score (nSPS) is 12.8. The maximum absolute atomic E-state index is 9.35. The van der Waals surface area contributed by atoms with Gasteiger partial charge in [0, 0.05) is 19.3 Å². The van der Waals surface area contributed by atoms with Gasteiger partial charge in [0.1, 0.15) is 11.6 Å². The minimum Gasteiger partial charge on any atom is -0.394 e. The summed E-state index contributed by atoms with van der Waals surface area (Å²) in [7, 11) is 1.85. The molecular weight excluding hydrogens is 290 g/mol. The van der Waals surface area contributed by atoms with E-state index in [4.69, 9.17) is 5.11 Å². The van der Waals surface area contributed by atoms with Crippen molar-refractivity contribution in [1.82, 2.24) is 19.7 Å². The first kappa shape index (κ1) is 16.0. The highest BCUT2D eigenvalue weighted by Crippen LogP contribution is 2.21. The molecule has 7 nitrogen and oxygen atoms in total. The van der Waals surface area contributed by atoms with Crippen LogP contribution in [-0.4, -0.2) is 55.0 Å². The summed E-state index contributed by atoms with van der Waals surface area (Å²) in [5.74, 6) is 2.54. The number of aryl methyl sites for hydroxylation is 1. The van der Waals surface area contributed by atoms with Crippen LogP contribution in [0.1, 0.15) is 19.2 Å². The lowest BCUT2D eigenvalue weighted by Crippen LogP contribution is -2.15. The molecule has 2 rings (SSSR count). The van der Waals surface area contributed by atoms with Gasteiger partial charge in [-0.1, -0.05) is 6.92 Å². The minimum atomic E-state index is -0.701. The highest BCUT2D eigenvalue weighted by Gasteiger charge is 2.12. The number of aliphatic hydroxyl groups excluding tert-OH is 2. The predicted molar refractivity (Wildman–Crippen MR) is 84.3 cm³/mol. The first-order valence-corrected chi connectivity index (χ1v) is 8.10. The molecule has 0 spiro atoms. The van der Waals surface area contributed by atoms with Crippen LogP contribution in [0.4, 0.5) is 5.82 Å². The summed E-state index contributed by atoms with van der Waals surface area (Å²) in [4.78, 5) is 9.04. The summed E-state index contributed by atoms with van der Waals surface area (Å²) in [6, 6.07) is 0. The van der Waals surface area contributed by atoms with Crippen LogP contribution < -0.4 is 5.32 Å². The van der Waals surface area contributed by atoms with Crippen molar-refractivity contribution in [2.75, 3.05) is 24.2 Å². The Kier molecular flexibility index (Phi) is 5.77. The molecule has 116 valence electrons. The van der Waals surface area contributed by atoms with Crippen molar-refractivity contribution in [3.05, 3.63) is 12.0 Å². The number of thioether (sulfide) groups is 1. The third kappa shape index (κ3) is 4.05. The van der Waals surface area contributed by atoms with Gasteiger partial charge in [-0.15, -0.1) is 0 Å². The van der Waals surface area contributed by atoms with Crippen LogP contribution in [0, 0.1) is 0 Å². The zero-order valence-corrected chi connectivity index (χ0v) is 13.1. The van der Waals surface area contributed by atoms with Crippen LogP contribution >= 0.6 is 11.8 Å². The second kappa shape index (κ2) is 7.58. The van der Waals surface area contributed by atoms with E-state index in [1.807, 2.05) is 7.05 Å². The van der Waals surface area contributed by atoms with E-state index < -0.39 is 6.10 Å². The van der Waals surface area contributed by atoms with Crippen molar-refractivity contribution >= 4 is 28.6 Å². The summed E-state index contributed by atoms with van der Waals surface area (Å²) in [5.41, 5.74) is 0.793. The topological polar surface area (TPSA) is 96.1 Å². The van der Waals surface area contributed by atoms with E-state index in [-0.39, 0.29) is 6.61 Å². The molecular formula is C13H21N5O2S. The van der Waals surface area contributed by atoms with Crippen molar-refractivity contribution in [3.63, 3.8) is 0 Å². The molecule has 1 unspecified atom stereocenters. The Morgan fingerprint density at radius 1 is 1.43 bits per heavy atom. The fourth-order valence-corrected chi connectivity index (χ4v) is 2.66. The number of hydrogen-bond acceptors (Lipinski definition) is 7. The first-order valence-electron chi connectivity index (χ1n) is 6.94. The molecule has 0 fully saturated rings. The van der Waals surface area contributed by atoms with E-state index in [0.29, 0.717) is 17.3 Å². The summed E-state index contributed by atoms with van der Waals surface area (Å²) >= 11 is 1.50. The van der Waals surface area contributed by atoms with Crippen LogP contribution in [0.2, 0.25) is 0 Å². The Labute approximate surface area is 127 Å². The van der Waals surface area contributed by atoms with Gasteiger partial charge in [-0.05, 0) is 6.42 Å². The highest BCUT2D eigenvalue weighted by atomic mass is 32.2. The van der Waals surface area contributed by atoms with E-state index >= 15 is 0 Å². The number of nitrogens with zero attached hydrogens (tertiary/aromatic N) is 4. The van der Waals surface area contributed by atoms with Gasteiger partial charge in [-0.3, -0.25) is 4.68 Å². The Hall–Kier alpha value is -1.38. The van der Waals surface area contributed by atoms with E-state index in [1.54, 1.807) is 10.9 Å². The van der Waals surface area contributed by atoms with Gasteiger partial charge in [0.15, 0.2) is 5.65 Å². The lowest BCUT2D eigenvalue weighted by Gasteiger charge is -2.09. The molecule has 2 aromatic heterocycles. The fourth-order valence-electron chi connectivity index (χ4n) is 1.85. The molecule has 0 saturated carbocycles. The van der Waals surface area contributed by atoms with E-state index in [2.05, 4.69) is 27.3 Å². The summed E-state index contributed by atoms with van der Waals surface area (Å²) < 4.78 is 1.73. The second-order valence-corrected chi connectivity index (χ2v) is 5.80. The van der Waals surface area contributed by atoms with Crippen molar-refractivity contribution in [1.29, 1.82) is 0 Å². The first-order chi connectivity index (χ1) is 10.2. The van der Waals surface area contributed by atoms with Gasteiger partial charge in [0.05, 0.1) is 30.0 Å². The zero-order valence-electron chi connectivity index (χ0n) is 12.3. The number of aromatic nitrogens is 4. The maximum Gasteiger partial charge on any atom is 0.163 e. The Morgan fingerprint density at radius 2 is 2.24 bits per heavy atom. The summed E-state index contributed by atoms with van der Waals surface area (Å²) in [6.45, 7) is 2.72. The number of aliphatic hydroxyl groups is 2. The SMILES string of the molecule is CCCNc1nc(CSCC(O)CO)nc2c1cnn2C. The molecule has 8 heteroatoms. The molecule has 0 aromatic carbocycles. The molecule has 0 aliphatic heterocycles. The summed E-state index contributed by atoms with van der Waals surface area (Å²) in [5, 5.41) is 26.6. The molecule has 2 aromatic rings. The monoisotopic (exact) mass is 311 g/mol. The van der Waals surface area contributed by atoms with Gasteiger partial charge < -0.3 is 15.5 Å². The molecule has 0 aliphatic rings. The Balaban J connectivity index is 2.17. The van der Waals surface area contributed by atoms with Crippen LogP contribution in [0.5, 0.6) is 0 Å². The standard InChI is InChI=1S/C13H21N5O2S/c1-3-4-14-12-10-5-15-18(2)13(10)17-11(16-12)8-21-7-9(20)6-19/h5,9,19-20H,3-4,6-8H2,1-2H3,(H,14,16,17). The van der Waals surface area contributed by atoms with Crippen LogP contribution in [0.25, 0.3) is 11.0 Å². The number of fused-ring (bicyclic) bond motifs is 1. The lowest BCUT2D eigenvalue weighted by molar-refractivity contribution is 0.113. The highest BCUT2D eigenvalue weighted by molar-refractivity contribution is 7.98. The van der Waals surface area contributed by atoms with Crippen LogP contribution in [0.3, 0.4) is 0 Å². The molecule has 1 atom stereocenters. The predicted octanol–water partition coefficient (Wildman–Crippen LogP) is 0.772. The van der Waals surface area contributed by atoms with Crippen molar-refractivity contribution in [2.24, 2.45) is 7.05 Å². The zero-order chi connectivity index (χ0) is 15.2. The molecule has 2 heterocycles. The smallest absolute Gasteiger partial charge is 0.163 e. The van der Waals surface area contributed by atoms with Gasteiger partial charge >= 0.3 is 0 Å². The molecule has 21 heavy (non-hydrogen) atoms. The molecule has 3 N–H and O–H groups in total. The van der Waals surface area contributed by atoms with Gasteiger partial charge in [-0.25, -0.2) is 9.97 Å². The summed E-state index contributed by atoms with van der Waals surface area (Å²) in [6.07, 6.45) is 2.08. The quantitative estimate of drug-likeness (QED) is 0.662. The molecule has 0 radical (unpaired) electrons. The molecule has 0 bridgehead atoms. The van der Waals surface area contributed by atoms with Crippen LogP contribution in [-0.2, 0) is 12.8 Å². The fraction of sp³-hybridized carbons (Fsp3) is 0.615. The number of anilines is 1. The van der Waals surface area contributed by atoms with Gasteiger partial charge in [0.25, 0.3) is 0 Å². The average molecular weight is 311 g/mol. The van der Waals surface area contributed by atoms with E-state index in [9.17, 15) is 5.11 Å². The minimum absolute atomic E-state index is 0.224. The number of nitrogens with one attached hydrogen (secondary N) is 1. The lowest BCUT2D eigenvalue weighted by atomic mass is 10.3. The van der Waals surface area contributed by atoms with E-state index in [1.165, 1.54) is 11.8 Å². The largest absolute Gasteiger partial charge is 0.394 e. The van der Waals surface area contributed by atoms with E-state index in [0.717, 1.165) is 29.8 Å². The molecule has 0 aliphatic carbocycles. The second-order valence-electron chi connectivity index (χ2n) is 4.77. The number of rotatable bonds is 8.